The van der Waals surface area contributed by atoms with Crippen molar-refractivity contribution in [3.05, 3.63) is 65.4 Å². The van der Waals surface area contributed by atoms with Gasteiger partial charge in [0, 0.05) is 24.6 Å². The predicted octanol–water partition coefficient (Wildman–Crippen LogP) is 4.40. The molecule has 1 saturated carbocycles. The van der Waals surface area contributed by atoms with Crippen LogP contribution < -0.4 is 19.5 Å². The van der Waals surface area contributed by atoms with E-state index in [1.54, 1.807) is 12.0 Å². The number of hydrogen-bond donors (Lipinski definition) is 1. The van der Waals surface area contributed by atoms with E-state index in [-0.39, 0.29) is 55.9 Å². The molecule has 0 bridgehead atoms. The number of piperidine rings is 1. The largest absolute Gasteiger partial charge is 0.496 e. The van der Waals surface area contributed by atoms with Crippen molar-refractivity contribution < 1.29 is 38.1 Å². The smallest absolute Gasteiger partial charge is 0.320 e. The molecule has 3 heterocycles. The van der Waals surface area contributed by atoms with Crippen LogP contribution in [0.2, 0.25) is 0 Å². The van der Waals surface area contributed by atoms with Crippen LogP contribution in [0, 0.1) is 23.2 Å². The standard InChI is InChI=1S/C35H42N2O8/c1-21(2)28-17-30-35(34(40)42-4,32(45-28)24-10-11-24)18-25(16-31(38)36-14-13-23-7-5-6-8-26(23)41-3)33(39)37(30)19-22-9-12-27-29(15-22)44-20-43-27/h5-9,12,15,17,21,24-25,28,32H,10-11,13-14,16,18-20H2,1-4H3,(H,36,38)/t25-,28+,32+,35+/m0/s1. The van der Waals surface area contributed by atoms with Crippen molar-refractivity contribution in [2.24, 2.45) is 23.2 Å². The second-order valence-corrected chi connectivity index (χ2v) is 12.7. The number of esters is 1. The number of amides is 2. The number of carbonyl (C=O) groups excluding carboxylic acids is 3. The lowest BCUT2D eigenvalue weighted by Crippen LogP contribution is -2.61. The maximum Gasteiger partial charge on any atom is 0.320 e. The van der Waals surface area contributed by atoms with Gasteiger partial charge in [0.2, 0.25) is 18.6 Å². The highest BCUT2D eigenvalue weighted by atomic mass is 16.7. The molecule has 2 amide bonds. The first-order valence-corrected chi connectivity index (χ1v) is 15.8. The molecule has 1 N–H and O–H groups in total. The number of methoxy groups -OCH3 is 2. The molecule has 4 aliphatic rings. The van der Waals surface area contributed by atoms with E-state index in [9.17, 15) is 14.4 Å². The zero-order valence-electron chi connectivity index (χ0n) is 26.4. The van der Waals surface area contributed by atoms with Crippen LogP contribution in [0.1, 0.15) is 50.7 Å². The van der Waals surface area contributed by atoms with Gasteiger partial charge in [-0.25, -0.2) is 0 Å². The average Bonchev–Trinajstić information content (AvgIpc) is 3.78. The summed E-state index contributed by atoms with van der Waals surface area (Å²) in [4.78, 5) is 43.4. The van der Waals surface area contributed by atoms with Crippen molar-refractivity contribution in [2.45, 2.75) is 64.7 Å². The molecule has 2 fully saturated rings. The van der Waals surface area contributed by atoms with Gasteiger partial charge in [-0.1, -0.05) is 38.1 Å². The van der Waals surface area contributed by atoms with Crippen molar-refractivity contribution in [3.63, 3.8) is 0 Å². The number of ether oxygens (including phenoxy) is 5. The first-order valence-electron chi connectivity index (χ1n) is 15.8. The highest BCUT2D eigenvalue weighted by Gasteiger charge is 2.63. The molecule has 0 spiro atoms. The maximum absolute atomic E-state index is 14.4. The summed E-state index contributed by atoms with van der Waals surface area (Å²) in [6.07, 6.45) is 3.75. The predicted molar refractivity (Wildman–Crippen MR) is 164 cm³/mol. The molecular formula is C35H42N2O8. The Morgan fingerprint density at radius 2 is 1.87 bits per heavy atom. The van der Waals surface area contributed by atoms with E-state index in [2.05, 4.69) is 19.2 Å². The molecule has 2 aromatic carbocycles. The van der Waals surface area contributed by atoms with Crippen LogP contribution in [0.25, 0.3) is 0 Å². The van der Waals surface area contributed by atoms with Crippen LogP contribution in [0.4, 0.5) is 0 Å². The fourth-order valence-electron chi connectivity index (χ4n) is 6.98. The second-order valence-electron chi connectivity index (χ2n) is 12.7. The number of fused-ring (bicyclic) bond motifs is 2. The van der Waals surface area contributed by atoms with Gasteiger partial charge in [0.05, 0.1) is 33.0 Å². The summed E-state index contributed by atoms with van der Waals surface area (Å²) in [7, 11) is 3.00. The quantitative estimate of drug-likeness (QED) is 0.369. The molecule has 0 radical (unpaired) electrons. The molecule has 4 atom stereocenters. The SMILES string of the molecule is COC(=O)[C@]12C[C@H](CC(=O)NCCc3ccccc3OC)C(=O)N(Cc3ccc4c(c3)OCO4)C1=C[C@H](C(C)C)O[C@@H]2C1CC1. The molecule has 0 unspecified atom stereocenters. The normalized spacial score (nSPS) is 25.4. The minimum atomic E-state index is -1.21. The maximum atomic E-state index is 14.4. The molecule has 45 heavy (non-hydrogen) atoms. The summed E-state index contributed by atoms with van der Waals surface area (Å²) >= 11 is 0. The van der Waals surface area contributed by atoms with Crippen molar-refractivity contribution in [3.8, 4) is 17.2 Å². The summed E-state index contributed by atoms with van der Waals surface area (Å²) in [5.41, 5.74) is 1.21. The van der Waals surface area contributed by atoms with Crippen molar-refractivity contribution >= 4 is 17.8 Å². The number of rotatable bonds is 11. The van der Waals surface area contributed by atoms with Crippen molar-refractivity contribution in [2.75, 3.05) is 27.6 Å². The Balaban J connectivity index is 1.31. The third-order valence-electron chi connectivity index (χ3n) is 9.42. The molecule has 6 rings (SSSR count). The van der Waals surface area contributed by atoms with Crippen LogP contribution >= 0.6 is 0 Å². The zero-order valence-corrected chi connectivity index (χ0v) is 26.4. The van der Waals surface area contributed by atoms with Crippen molar-refractivity contribution in [1.29, 1.82) is 0 Å². The van der Waals surface area contributed by atoms with E-state index < -0.39 is 23.4 Å². The monoisotopic (exact) mass is 618 g/mol. The first kappa shape index (κ1) is 31.0. The average molecular weight is 619 g/mol. The van der Waals surface area contributed by atoms with Gasteiger partial charge >= 0.3 is 5.97 Å². The summed E-state index contributed by atoms with van der Waals surface area (Å²) in [5, 5.41) is 2.98. The Kier molecular flexibility index (Phi) is 8.77. The Bertz CT molecular complexity index is 1480. The highest BCUT2D eigenvalue weighted by molar-refractivity contribution is 5.93. The molecule has 0 aromatic heterocycles. The third kappa shape index (κ3) is 6.00. The molecule has 10 nitrogen and oxygen atoms in total. The molecule has 10 heteroatoms. The Labute approximate surface area is 264 Å². The molecular weight excluding hydrogens is 576 g/mol. The first-order chi connectivity index (χ1) is 21.7. The molecule has 3 aliphatic heterocycles. The van der Waals surface area contributed by atoms with E-state index in [0.29, 0.717) is 30.2 Å². The lowest BCUT2D eigenvalue weighted by atomic mass is 9.64. The zero-order chi connectivity index (χ0) is 31.7. The number of nitrogens with one attached hydrogen (secondary N) is 1. The highest BCUT2D eigenvalue weighted by Crippen LogP contribution is 2.57. The topological polar surface area (TPSA) is 113 Å². The van der Waals surface area contributed by atoms with Gasteiger partial charge in [-0.05, 0) is 72.9 Å². The lowest BCUT2D eigenvalue weighted by molar-refractivity contribution is -0.182. The number of likely N-dealkylation sites (tertiary alicyclic amines) is 1. The summed E-state index contributed by atoms with van der Waals surface area (Å²) in [5.74, 6) is 0.688. The molecule has 1 saturated heterocycles. The van der Waals surface area contributed by atoms with E-state index in [1.807, 2.05) is 48.5 Å². The van der Waals surface area contributed by atoms with Gasteiger partial charge in [0.1, 0.15) is 11.2 Å². The van der Waals surface area contributed by atoms with Crippen LogP contribution in [-0.4, -0.2) is 62.4 Å². The number of nitrogens with zero attached hydrogens (tertiary/aromatic N) is 1. The summed E-state index contributed by atoms with van der Waals surface area (Å²) in [6.45, 7) is 4.87. The molecule has 2 aromatic rings. The second kappa shape index (κ2) is 12.7. The Morgan fingerprint density at radius 1 is 1.09 bits per heavy atom. The van der Waals surface area contributed by atoms with E-state index in [4.69, 9.17) is 23.7 Å². The van der Waals surface area contributed by atoms with Crippen molar-refractivity contribution in [1.82, 2.24) is 10.2 Å². The molecule has 1 aliphatic carbocycles. The van der Waals surface area contributed by atoms with Gasteiger partial charge in [-0.15, -0.1) is 0 Å². The Hall–Kier alpha value is -4.05. The van der Waals surface area contributed by atoms with Gasteiger partial charge in [-0.3, -0.25) is 14.4 Å². The van der Waals surface area contributed by atoms with Gasteiger partial charge in [0.15, 0.2) is 11.5 Å². The number of para-hydroxylation sites is 1. The van der Waals surface area contributed by atoms with Crippen LogP contribution in [0.3, 0.4) is 0 Å². The van der Waals surface area contributed by atoms with Crippen LogP contribution in [-0.2, 0) is 36.8 Å². The minimum Gasteiger partial charge on any atom is -0.496 e. The fourth-order valence-corrected chi connectivity index (χ4v) is 6.98. The van der Waals surface area contributed by atoms with Gasteiger partial charge in [0.25, 0.3) is 0 Å². The van der Waals surface area contributed by atoms with Gasteiger partial charge < -0.3 is 33.9 Å². The number of benzene rings is 2. The number of hydrogen-bond acceptors (Lipinski definition) is 8. The van der Waals surface area contributed by atoms with Crippen LogP contribution in [0.15, 0.2) is 54.2 Å². The van der Waals surface area contributed by atoms with E-state index in [1.165, 1.54) is 7.11 Å². The minimum absolute atomic E-state index is 0.0561. The lowest BCUT2D eigenvalue weighted by Gasteiger charge is -2.53. The Morgan fingerprint density at radius 3 is 2.60 bits per heavy atom. The third-order valence-corrected chi connectivity index (χ3v) is 9.42. The fraction of sp³-hybridized carbons (Fsp3) is 0.514. The molecule has 240 valence electrons. The van der Waals surface area contributed by atoms with E-state index in [0.717, 1.165) is 29.7 Å². The summed E-state index contributed by atoms with van der Waals surface area (Å²) in [6, 6.07) is 13.3. The van der Waals surface area contributed by atoms with Gasteiger partial charge in [-0.2, -0.15) is 0 Å². The van der Waals surface area contributed by atoms with Crippen LogP contribution in [0.5, 0.6) is 17.2 Å². The number of carbonyl (C=O) groups is 3. The summed E-state index contributed by atoms with van der Waals surface area (Å²) < 4.78 is 28.7. The van der Waals surface area contributed by atoms with E-state index >= 15 is 0 Å².